The Hall–Kier alpha value is -2.94. The molecule has 0 saturated heterocycles. The fraction of sp³-hybridized carbons (Fsp3) is 0.450. The van der Waals surface area contributed by atoms with Crippen LogP contribution in [0.1, 0.15) is 88.5 Å². The Morgan fingerprint density at radius 3 is 1.79 bits per heavy atom. The number of aliphatic hydroxyl groups excluding tert-OH is 2. The van der Waals surface area contributed by atoms with Gasteiger partial charge < -0.3 is 10.2 Å². The molecule has 0 aromatic heterocycles. The summed E-state index contributed by atoms with van der Waals surface area (Å²) < 4.78 is 0. The molecule has 0 saturated carbocycles. The highest BCUT2D eigenvalue weighted by molar-refractivity contribution is 5.38. The van der Waals surface area contributed by atoms with Gasteiger partial charge >= 0.3 is 0 Å². The Kier molecular flexibility index (Phi) is 13.5. The lowest BCUT2D eigenvalue weighted by molar-refractivity contribution is 0.0244. The summed E-state index contributed by atoms with van der Waals surface area (Å²) in [6.07, 6.45) is 33.8. The van der Waals surface area contributed by atoms with Crippen LogP contribution in [0.5, 0.6) is 0 Å². The van der Waals surface area contributed by atoms with Crippen LogP contribution >= 0.6 is 0 Å². The highest BCUT2D eigenvalue weighted by atomic mass is 16.3. The van der Waals surface area contributed by atoms with Gasteiger partial charge in [-0.1, -0.05) is 152 Å². The molecule has 2 heteroatoms. The van der Waals surface area contributed by atoms with Crippen LogP contribution in [0.2, 0.25) is 0 Å². The molecule has 0 amide bonds. The van der Waals surface area contributed by atoms with E-state index in [0.29, 0.717) is 0 Å². The first-order valence-corrected chi connectivity index (χ1v) is 15.4. The summed E-state index contributed by atoms with van der Waals surface area (Å²) in [5.41, 5.74) is 8.58. The van der Waals surface area contributed by atoms with Gasteiger partial charge in [0.15, 0.2) is 0 Å². The molecule has 42 heavy (non-hydrogen) atoms. The largest absolute Gasteiger partial charge is 0.393 e. The second kappa shape index (κ2) is 16.1. The third kappa shape index (κ3) is 11.0. The lowest BCUT2D eigenvalue weighted by Gasteiger charge is -2.40. The molecule has 3 atom stereocenters. The maximum atomic E-state index is 10.4. The molecule has 0 aliphatic heterocycles. The van der Waals surface area contributed by atoms with E-state index in [1.54, 1.807) is 0 Å². The fourth-order valence-corrected chi connectivity index (χ4v) is 5.91. The van der Waals surface area contributed by atoms with Crippen molar-refractivity contribution in [1.29, 1.82) is 0 Å². The first-order chi connectivity index (χ1) is 19.6. The molecule has 0 heterocycles. The lowest BCUT2D eigenvalue weighted by atomic mass is 9.67. The molecule has 2 aliphatic carbocycles. The molecule has 228 valence electrons. The Bertz CT molecular complexity index is 1270. The summed E-state index contributed by atoms with van der Waals surface area (Å²) in [4.78, 5) is 0. The Labute approximate surface area is 257 Å². The number of aliphatic hydroxyl groups is 2. The standard InChI is InChI=1S/C40H56O2/c1-29(17-13-19-31(3)21-24-36-34(6)27-35(41)28-39(36,7)8)15-11-12-16-30(2)18-14-20-32(4)22-25-37-33(5)23-26-38(42)40(37,9)10/h11-25,35,37-38,41-42H,26-28H2,1-10H3. The maximum Gasteiger partial charge on any atom is 0.0634 e. The molecule has 0 spiro atoms. The Morgan fingerprint density at radius 2 is 1.24 bits per heavy atom. The predicted octanol–water partition coefficient (Wildman–Crippen LogP) is 10.4. The molecule has 0 fully saturated rings. The van der Waals surface area contributed by atoms with Crippen LogP contribution in [0, 0.1) is 16.7 Å². The molecule has 0 aromatic rings. The van der Waals surface area contributed by atoms with E-state index in [2.05, 4.69) is 160 Å². The van der Waals surface area contributed by atoms with Gasteiger partial charge in [0, 0.05) is 11.3 Å². The van der Waals surface area contributed by atoms with E-state index in [0.717, 1.165) is 19.3 Å². The predicted molar refractivity (Wildman–Crippen MR) is 184 cm³/mol. The van der Waals surface area contributed by atoms with Gasteiger partial charge in [-0.25, -0.2) is 0 Å². The zero-order chi connectivity index (χ0) is 31.5. The van der Waals surface area contributed by atoms with Gasteiger partial charge in [-0.3, -0.25) is 0 Å². The van der Waals surface area contributed by atoms with Crippen LogP contribution in [0.4, 0.5) is 0 Å². The quantitative estimate of drug-likeness (QED) is 0.203. The van der Waals surface area contributed by atoms with Gasteiger partial charge in [0.05, 0.1) is 12.2 Å². The average Bonchev–Trinajstić information content (AvgIpc) is 2.87. The molecule has 0 aromatic carbocycles. The second-order valence-electron chi connectivity index (χ2n) is 13.6. The Morgan fingerprint density at radius 1 is 0.738 bits per heavy atom. The van der Waals surface area contributed by atoms with Crippen LogP contribution in [0.15, 0.2) is 130 Å². The summed E-state index contributed by atoms with van der Waals surface area (Å²) in [7, 11) is 0. The third-order valence-electron chi connectivity index (χ3n) is 8.62. The van der Waals surface area contributed by atoms with Crippen LogP contribution in [0.25, 0.3) is 0 Å². The van der Waals surface area contributed by atoms with Crippen molar-refractivity contribution in [2.45, 2.75) is 101 Å². The van der Waals surface area contributed by atoms with Gasteiger partial charge in [0.25, 0.3) is 0 Å². The molecule has 2 nitrogen and oxygen atoms in total. The molecule has 3 unspecified atom stereocenters. The third-order valence-corrected chi connectivity index (χ3v) is 8.62. The number of hydrogen-bond acceptors (Lipinski definition) is 2. The van der Waals surface area contributed by atoms with Crippen molar-refractivity contribution in [2.75, 3.05) is 0 Å². The van der Waals surface area contributed by atoms with E-state index in [1.165, 1.54) is 39.0 Å². The zero-order valence-corrected chi connectivity index (χ0v) is 27.9. The van der Waals surface area contributed by atoms with Crippen molar-refractivity contribution in [3.8, 4) is 0 Å². The van der Waals surface area contributed by atoms with E-state index in [9.17, 15) is 10.2 Å². The minimum absolute atomic E-state index is 0.00466. The number of hydrogen-bond donors (Lipinski definition) is 2. The van der Waals surface area contributed by atoms with Crippen LogP contribution in [-0.4, -0.2) is 22.4 Å². The molecule has 2 aliphatic rings. The zero-order valence-electron chi connectivity index (χ0n) is 27.9. The number of rotatable bonds is 10. The topological polar surface area (TPSA) is 40.5 Å². The summed E-state index contributed by atoms with van der Waals surface area (Å²) in [5.74, 6) is 0.251. The summed E-state index contributed by atoms with van der Waals surface area (Å²) in [6.45, 7) is 21.5. The average molecular weight is 569 g/mol. The van der Waals surface area contributed by atoms with Gasteiger partial charge in [-0.05, 0) is 71.8 Å². The summed E-state index contributed by atoms with van der Waals surface area (Å²) in [6, 6.07) is 0. The van der Waals surface area contributed by atoms with E-state index < -0.39 is 0 Å². The highest BCUT2D eigenvalue weighted by Crippen LogP contribution is 2.42. The van der Waals surface area contributed by atoms with Crippen molar-refractivity contribution in [2.24, 2.45) is 16.7 Å². The molecule has 2 N–H and O–H groups in total. The van der Waals surface area contributed by atoms with Gasteiger partial charge in [-0.15, -0.1) is 0 Å². The van der Waals surface area contributed by atoms with Crippen LogP contribution in [0.3, 0.4) is 0 Å². The first-order valence-electron chi connectivity index (χ1n) is 15.4. The summed E-state index contributed by atoms with van der Waals surface area (Å²) >= 11 is 0. The summed E-state index contributed by atoms with van der Waals surface area (Å²) in [5, 5.41) is 20.5. The fourth-order valence-electron chi connectivity index (χ4n) is 5.91. The molecular formula is C40H56O2. The van der Waals surface area contributed by atoms with E-state index in [1.807, 2.05) is 0 Å². The van der Waals surface area contributed by atoms with Crippen molar-refractivity contribution < 1.29 is 10.2 Å². The van der Waals surface area contributed by atoms with Crippen molar-refractivity contribution >= 4 is 0 Å². The SMILES string of the molecule is CC(C=CC=C(C)C=CC1=C(C)CC(O)CC1(C)C)=CC=CC=C(C)C=CC=C(C)C=CC1C(C)=CCC(O)C1(C)C. The minimum Gasteiger partial charge on any atom is -0.393 e. The second-order valence-corrected chi connectivity index (χ2v) is 13.6. The molecule has 2 rings (SSSR count). The first kappa shape index (κ1) is 35.3. The minimum atomic E-state index is -0.303. The monoisotopic (exact) mass is 568 g/mol. The van der Waals surface area contributed by atoms with E-state index in [4.69, 9.17) is 0 Å². The number of allylic oxidation sites excluding steroid dienone is 20. The van der Waals surface area contributed by atoms with Gasteiger partial charge in [0.2, 0.25) is 0 Å². The smallest absolute Gasteiger partial charge is 0.0634 e. The maximum absolute atomic E-state index is 10.4. The normalized spacial score (nSPS) is 26.6. The van der Waals surface area contributed by atoms with Crippen LogP contribution < -0.4 is 0 Å². The van der Waals surface area contributed by atoms with Crippen molar-refractivity contribution in [3.05, 3.63) is 130 Å². The van der Waals surface area contributed by atoms with Gasteiger partial charge in [-0.2, -0.15) is 0 Å². The molecule has 0 bridgehead atoms. The molecule has 0 radical (unpaired) electrons. The lowest BCUT2D eigenvalue weighted by Crippen LogP contribution is -2.39. The van der Waals surface area contributed by atoms with Crippen molar-refractivity contribution in [3.63, 3.8) is 0 Å². The molecular weight excluding hydrogens is 512 g/mol. The van der Waals surface area contributed by atoms with Crippen LogP contribution in [-0.2, 0) is 0 Å². The van der Waals surface area contributed by atoms with E-state index >= 15 is 0 Å². The Balaban J connectivity index is 1.90. The van der Waals surface area contributed by atoms with Gasteiger partial charge in [0.1, 0.15) is 0 Å². The highest BCUT2D eigenvalue weighted by Gasteiger charge is 2.38. The van der Waals surface area contributed by atoms with E-state index in [-0.39, 0.29) is 29.0 Å². The van der Waals surface area contributed by atoms with Crippen molar-refractivity contribution in [1.82, 2.24) is 0 Å².